The monoisotopic (exact) mass is 725 g/mol. The van der Waals surface area contributed by atoms with Gasteiger partial charge in [-0.3, -0.25) is 13.8 Å². The van der Waals surface area contributed by atoms with E-state index in [0.29, 0.717) is 24.1 Å². The third-order valence-electron chi connectivity index (χ3n) is 7.84. The SMILES string of the molecule is CC/C=C\C/C=C\C/C=C\C/C=C\C/C=C\CCCCOCC(COP(=O)(O)OCC[N+](C)(C)C)OC(=O)CCCCCCCCCCCC. The second-order valence-electron chi connectivity index (χ2n) is 13.9. The third-order valence-corrected chi connectivity index (χ3v) is 8.83. The Morgan fingerprint density at radius 2 is 1.16 bits per heavy atom. The van der Waals surface area contributed by atoms with Crippen molar-refractivity contribution in [2.75, 3.05) is 54.1 Å². The van der Waals surface area contributed by atoms with Crippen LogP contribution in [-0.4, -0.2) is 75.6 Å². The Morgan fingerprint density at radius 3 is 1.70 bits per heavy atom. The average molecular weight is 725 g/mol. The number of hydrogen-bond acceptors (Lipinski definition) is 6. The van der Waals surface area contributed by atoms with Crippen molar-refractivity contribution in [3.05, 3.63) is 60.8 Å². The lowest BCUT2D eigenvalue weighted by Crippen LogP contribution is -2.37. The number of nitrogens with zero attached hydrogens (tertiary/aromatic N) is 1. The maximum absolute atomic E-state index is 12.6. The van der Waals surface area contributed by atoms with Gasteiger partial charge < -0.3 is 18.9 Å². The van der Waals surface area contributed by atoms with E-state index in [4.69, 9.17) is 18.5 Å². The summed E-state index contributed by atoms with van der Waals surface area (Å²) in [6.07, 6.45) is 41.2. The van der Waals surface area contributed by atoms with Gasteiger partial charge >= 0.3 is 13.8 Å². The third kappa shape index (κ3) is 37.5. The number of unbranched alkanes of at least 4 members (excludes halogenated alkanes) is 11. The molecule has 0 aliphatic heterocycles. The molecular weight excluding hydrogens is 649 g/mol. The van der Waals surface area contributed by atoms with Crippen molar-refractivity contribution in [3.8, 4) is 0 Å². The van der Waals surface area contributed by atoms with Crippen molar-refractivity contribution in [3.63, 3.8) is 0 Å². The van der Waals surface area contributed by atoms with Gasteiger partial charge in [-0.2, -0.15) is 0 Å². The lowest BCUT2D eigenvalue weighted by Gasteiger charge is -2.24. The number of hydrogen-bond donors (Lipinski definition) is 1. The average Bonchev–Trinajstić information content (AvgIpc) is 3.06. The number of allylic oxidation sites excluding steroid dienone is 10. The number of likely N-dealkylation sites (N-methyl/N-ethyl adjacent to an activating group) is 1. The molecule has 1 N–H and O–H groups in total. The molecule has 0 fully saturated rings. The minimum atomic E-state index is -4.28. The van der Waals surface area contributed by atoms with Crippen LogP contribution in [0.2, 0.25) is 0 Å². The summed E-state index contributed by atoms with van der Waals surface area (Å²) in [6.45, 7) is 5.36. The lowest BCUT2D eigenvalue weighted by atomic mass is 10.1. The molecule has 2 atom stereocenters. The van der Waals surface area contributed by atoms with Gasteiger partial charge in [-0.05, 0) is 57.8 Å². The molecular formula is C41H75NO7P+. The number of phosphoric acid groups is 1. The van der Waals surface area contributed by atoms with Crippen LogP contribution in [0.3, 0.4) is 0 Å². The van der Waals surface area contributed by atoms with Crippen molar-refractivity contribution < 1.29 is 37.3 Å². The predicted octanol–water partition coefficient (Wildman–Crippen LogP) is 11.0. The highest BCUT2D eigenvalue weighted by molar-refractivity contribution is 7.47. The molecule has 0 spiro atoms. The Bertz CT molecular complexity index is 984. The topological polar surface area (TPSA) is 91.3 Å². The van der Waals surface area contributed by atoms with Crippen LogP contribution in [-0.2, 0) is 27.9 Å². The van der Waals surface area contributed by atoms with Crippen molar-refractivity contribution in [2.45, 2.75) is 142 Å². The van der Waals surface area contributed by atoms with Gasteiger partial charge in [0, 0.05) is 13.0 Å². The highest BCUT2D eigenvalue weighted by atomic mass is 31.2. The van der Waals surface area contributed by atoms with Crippen LogP contribution in [0.25, 0.3) is 0 Å². The first-order chi connectivity index (χ1) is 24.1. The summed E-state index contributed by atoms with van der Waals surface area (Å²) in [6, 6.07) is 0. The summed E-state index contributed by atoms with van der Waals surface area (Å²) in [5.41, 5.74) is 0. The van der Waals surface area contributed by atoms with Gasteiger partial charge in [0.05, 0.1) is 34.4 Å². The van der Waals surface area contributed by atoms with E-state index in [1.165, 1.54) is 44.9 Å². The predicted molar refractivity (Wildman–Crippen MR) is 210 cm³/mol. The summed E-state index contributed by atoms with van der Waals surface area (Å²) in [7, 11) is 1.63. The number of ether oxygens (including phenoxy) is 2. The Labute approximate surface area is 307 Å². The molecule has 0 amide bonds. The molecule has 0 aliphatic carbocycles. The molecule has 0 aromatic rings. The fourth-order valence-corrected chi connectivity index (χ4v) is 5.55. The van der Waals surface area contributed by atoms with Crippen LogP contribution < -0.4 is 0 Å². The van der Waals surface area contributed by atoms with Crippen LogP contribution >= 0.6 is 7.82 Å². The molecule has 2 unspecified atom stereocenters. The van der Waals surface area contributed by atoms with Crippen LogP contribution in [0.4, 0.5) is 0 Å². The van der Waals surface area contributed by atoms with E-state index in [1.54, 1.807) is 0 Å². The van der Waals surface area contributed by atoms with Crippen LogP contribution in [0.5, 0.6) is 0 Å². The quantitative estimate of drug-likeness (QED) is 0.0229. The molecule has 0 saturated heterocycles. The first-order valence-electron chi connectivity index (χ1n) is 19.5. The van der Waals surface area contributed by atoms with Crippen molar-refractivity contribution >= 4 is 13.8 Å². The summed E-state index contributed by atoms with van der Waals surface area (Å²) in [5, 5.41) is 0. The van der Waals surface area contributed by atoms with E-state index in [-0.39, 0.29) is 25.8 Å². The van der Waals surface area contributed by atoms with Crippen LogP contribution in [0.1, 0.15) is 136 Å². The van der Waals surface area contributed by atoms with E-state index >= 15 is 0 Å². The summed E-state index contributed by atoms with van der Waals surface area (Å²) in [5.74, 6) is -0.334. The smallest absolute Gasteiger partial charge is 0.457 e. The minimum Gasteiger partial charge on any atom is -0.457 e. The fourth-order valence-electron chi connectivity index (χ4n) is 4.81. The highest BCUT2D eigenvalue weighted by Crippen LogP contribution is 2.43. The van der Waals surface area contributed by atoms with Gasteiger partial charge in [-0.1, -0.05) is 132 Å². The van der Waals surface area contributed by atoms with E-state index < -0.39 is 13.9 Å². The second-order valence-corrected chi connectivity index (χ2v) is 15.4. The molecule has 0 heterocycles. The Hall–Kier alpha value is -1.80. The van der Waals surface area contributed by atoms with Gasteiger partial charge in [0.15, 0.2) is 0 Å². The molecule has 0 rings (SSSR count). The van der Waals surface area contributed by atoms with E-state index in [9.17, 15) is 14.3 Å². The molecule has 0 aromatic carbocycles. The van der Waals surface area contributed by atoms with Crippen molar-refractivity contribution in [1.82, 2.24) is 0 Å². The Kier molecular flexibility index (Phi) is 33.1. The van der Waals surface area contributed by atoms with Crippen LogP contribution in [0, 0.1) is 0 Å². The van der Waals surface area contributed by atoms with Crippen molar-refractivity contribution in [2.24, 2.45) is 0 Å². The maximum Gasteiger partial charge on any atom is 0.472 e. The zero-order chi connectivity index (χ0) is 37.0. The molecule has 0 aromatic heterocycles. The molecule has 9 heteroatoms. The standard InChI is InChI=1S/C41H74NO7P/c1-6-8-10-12-14-16-18-19-20-21-22-23-24-25-27-29-31-33-36-46-38-40(39-48-50(44,45)47-37-35-42(3,4)5)49-41(43)34-32-30-28-26-17-15-13-11-9-7-2/h8,10,14,16,19-20,22-23,25,27,40H,6-7,9,11-13,15,17-18,21,24,26,28-39H2,1-5H3/p+1/b10-8-,16-14-,20-19-,23-22-,27-25-. The summed E-state index contributed by atoms with van der Waals surface area (Å²) >= 11 is 0. The molecule has 290 valence electrons. The first kappa shape index (κ1) is 48.2. The zero-order valence-electron chi connectivity index (χ0n) is 32.6. The molecule has 50 heavy (non-hydrogen) atoms. The van der Waals surface area contributed by atoms with E-state index in [2.05, 4.69) is 74.6 Å². The highest BCUT2D eigenvalue weighted by Gasteiger charge is 2.26. The normalized spacial score (nSPS) is 14.6. The Balaban J connectivity index is 4.36. The number of carbonyl (C=O) groups excluding carboxylic acids is 1. The second kappa shape index (κ2) is 34.3. The maximum atomic E-state index is 12.6. The van der Waals surface area contributed by atoms with Crippen LogP contribution in [0.15, 0.2) is 60.8 Å². The molecule has 8 nitrogen and oxygen atoms in total. The first-order valence-corrected chi connectivity index (χ1v) is 21.0. The molecule has 0 radical (unpaired) electrons. The van der Waals surface area contributed by atoms with E-state index in [0.717, 1.165) is 70.6 Å². The fraction of sp³-hybridized carbons (Fsp3) is 0.732. The van der Waals surface area contributed by atoms with Gasteiger partial charge in [0.25, 0.3) is 0 Å². The van der Waals surface area contributed by atoms with Gasteiger partial charge in [-0.15, -0.1) is 0 Å². The Morgan fingerprint density at radius 1 is 0.640 bits per heavy atom. The summed E-state index contributed by atoms with van der Waals surface area (Å²) in [4.78, 5) is 22.7. The molecule has 0 aliphatic rings. The van der Waals surface area contributed by atoms with Crippen molar-refractivity contribution in [1.29, 1.82) is 0 Å². The molecule has 0 saturated carbocycles. The zero-order valence-corrected chi connectivity index (χ0v) is 33.5. The van der Waals surface area contributed by atoms with E-state index in [1.807, 2.05) is 21.1 Å². The van der Waals surface area contributed by atoms with Gasteiger partial charge in [0.2, 0.25) is 0 Å². The van der Waals surface area contributed by atoms with Gasteiger partial charge in [0.1, 0.15) is 19.3 Å². The number of carbonyl (C=O) groups is 1. The lowest BCUT2D eigenvalue weighted by molar-refractivity contribution is -0.870. The van der Waals surface area contributed by atoms with Gasteiger partial charge in [-0.25, -0.2) is 4.57 Å². The number of esters is 1. The number of rotatable bonds is 35. The number of quaternary nitrogens is 1. The largest absolute Gasteiger partial charge is 0.472 e. The minimum absolute atomic E-state index is 0.0782. The number of phosphoric ester groups is 1. The molecule has 0 bridgehead atoms. The summed E-state index contributed by atoms with van der Waals surface area (Å²) < 4.78 is 34.8.